The number of amides is 1. The van der Waals surface area contributed by atoms with Crippen LogP contribution in [0.1, 0.15) is 6.92 Å². The molecule has 0 aliphatic carbocycles. The molecule has 0 fully saturated rings. The fourth-order valence-corrected chi connectivity index (χ4v) is 5.07. The van der Waals surface area contributed by atoms with Gasteiger partial charge >= 0.3 is 0 Å². The standard InChI is InChI=1S/C28H28N2O5S/c1-21(28(31)29-19-20-34-27-14-8-10-22-9-6-7-13-26(22)27)30(36(2,32)33)23-15-17-25(18-16-23)35-24-11-4-3-5-12-24/h3-18,21H,19-20H2,1-2H3,(H,29,31)/t21-/m0/s1. The number of carbonyl (C=O) groups excluding carboxylic acids is 1. The number of anilines is 1. The van der Waals surface area contributed by atoms with Crippen molar-refractivity contribution in [1.82, 2.24) is 5.32 Å². The van der Waals surface area contributed by atoms with E-state index in [-0.39, 0.29) is 13.2 Å². The molecule has 1 N–H and O–H groups in total. The Morgan fingerprint density at radius 1 is 0.861 bits per heavy atom. The Morgan fingerprint density at radius 2 is 1.50 bits per heavy atom. The van der Waals surface area contributed by atoms with Gasteiger partial charge in [-0.25, -0.2) is 8.42 Å². The van der Waals surface area contributed by atoms with E-state index in [9.17, 15) is 13.2 Å². The minimum atomic E-state index is -3.73. The zero-order valence-corrected chi connectivity index (χ0v) is 20.9. The van der Waals surface area contributed by atoms with Crippen LogP contribution in [0.15, 0.2) is 97.1 Å². The van der Waals surface area contributed by atoms with Crippen LogP contribution in [0.25, 0.3) is 10.8 Å². The first-order valence-corrected chi connectivity index (χ1v) is 13.4. The quantitative estimate of drug-likeness (QED) is 0.308. The minimum absolute atomic E-state index is 0.230. The average Bonchev–Trinajstić information content (AvgIpc) is 2.87. The van der Waals surface area contributed by atoms with Crippen molar-refractivity contribution in [3.05, 3.63) is 97.1 Å². The van der Waals surface area contributed by atoms with Gasteiger partial charge in [-0.2, -0.15) is 0 Å². The Kier molecular flexibility index (Phi) is 7.75. The average molecular weight is 505 g/mol. The maximum atomic E-state index is 12.8. The van der Waals surface area contributed by atoms with E-state index in [1.807, 2.05) is 72.8 Å². The van der Waals surface area contributed by atoms with Crippen molar-refractivity contribution in [1.29, 1.82) is 0 Å². The normalized spacial score (nSPS) is 12.1. The van der Waals surface area contributed by atoms with Crippen LogP contribution in [0.5, 0.6) is 17.2 Å². The SMILES string of the molecule is C[C@@H](C(=O)NCCOc1cccc2ccccc12)N(c1ccc(Oc2ccccc2)cc1)S(C)(=O)=O. The summed E-state index contributed by atoms with van der Waals surface area (Å²) in [6, 6.07) is 28.6. The van der Waals surface area contributed by atoms with E-state index in [0.717, 1.165) is 27.1 Å². The highest BCUT2D eigenvalue weighted by molar-refractivity contribution is 7.92. The number of hydrogen-bond acceptors (Lipinski definition) is 5. The monoisotopic (exact) mass is 504 g/mol. The van der Waals surface area contributed by atoms with E-state index in [2.05, 4.69) is 5.32 Å². The van der Waals surface area contributed by atoms with Crippen LogP contribution in [0.3, 0.4) is 0 Å². The molecule has 7 nitrogen and oxygen atoms in total. The van der Waals surface area contributed by atoms with Gasteiger partial charge in [-0.15, -0.1) is 0 Å². The van der Waals surface area contributed by atoms with E-state index >= 15 is 0 Å². The predicted molar refractivity (Wildman–Crippen MR) is 142 cm³/mol. The second-order valence-electron chi connectivity index (χ2n) is 8.26. The highest BCUT2D eigenvalue weighted by Gasteiger charge is 2.29. The number of sulfonamides is 1. The van der Waals surface area contributed by atoms with Gasteiger partial charge in [0.2, 0.25) is 15.9 Å². The van der Waals surface area contributed by atoms with Crippen molar-refractivity contribution < 1.29 is 22.7 Å². The van der Waals surface area contributed by atoms with Gasteiger partial charge in [0.1, 0.15) is 29.9 Å². The fraction of sp³-hybridized carbons (Fsp3) is 0.179. The van der Waals surface area contributed by atoms with Gasteiger partial charge in [-0.05, 0) is 54.8 Å². The molecule has 4 aromatic rings. The van der Waals surface area contributed by atoms with Crippen LogP contribution >= 0.6 is 0 Å². The lowest BCUT2D eigenvalue weighted by atomic mass is 10.1. The van der Waals surface area contributed by atoms with Crippen molar-refractivity contribution in [2.24, 2.45) is 0 Å². The lowest BCUT2D eigenvalue weighted by Crippen LogP contribution is -2.48. The molecule has 36 heavy (non-hydrogen) atoms. The van der Waals surface area contributed by atoms with Crippen molar-refractivity contribution in [3.8, 4) is 17.2 Å². The zero-order chi connectivity index (χ0) is 25.5. The molecule has 0 aromatic heterocycles. The van der Waals surface area contributed by atoms with Crippen molar-refractivity contribution in [3.63, 3.8) is 0 Å². The molecule has 1 atom stereocenters. The van der Waals surface area contributed by atoms with Crippen LogP contribution in [0.4, 0.5) is 5.69 Å². The van der Waals surface area contributed by atoms with Crippen LogP contribution in [-0.2, 0) is 14.8 Å². The van der Waals surface area contributed by atoms with Gasteiger partial charge in [-0.3, -0.25) is 9.10 Å². The lowest BCUT2D eigenvalue weighted by molar-refractivity contribution is -0.121. The number of fused-ring (bicyclic) bond motifs is 1. The first-order chi connectivity index (χ1) is 17.3. The Morgan fingerprint density at radius 3 is 2.22 bits per heavy atom. The van der Waals surface area contributed by atoms with Crippen molar-refractivity contribution >= 4 is 32.4 Å². The van der Waals surface area contributed by atoms with E-state index < -0.39 is 22.0 Å². The molecule has 0 saturated carbocycles. The zero-order valence-electron chi connectivity index (χ0n) is 20.1. The summed E-state index contributed by atoms with van der Waals surface area (Å²) in [4.78, 5) is 12.8. The lowest BCUT2D eigenvalue weighted by Gasteiger charge is -2.28. The molecule has 0 heterocycles. The molecule has 8 heteroatoms. The second kappa shape index (κ2) is 11.1. The number of nitrogens with one attached hydrogen (secondary N) is 1. The van der Waals surface area contributed by atoms with E-state index in [0.29, 0.717) is 17.2 Å². The van der Waals surface area contributed by atoms with Crippen LogP contribution in [0, 0.1) is 0 Å². The maximum Gasteiger partial charge on any atom is 0.243 e. The minimum Gasteiger partial charge on any atom is -0.491 e. The molecule has 0 aliphatic heterocycles. The Labute approximate surface area is 211 Å². The summed E-state index contributed by atoms with van der Waals surface area (Å²) in [6.45, 7) is 2.03. The molecule has 0 saturated heterocycles. The molecule has 0 radical (unpaired) electrons. The molecular formula is C28H28N2O5S. The molecule has 186 valence electrons. The van der Waals surface area contributed by atoms with E-state index in [1.165, 1.54) is 0 Å². The molecule has 4 rings (SSSR count). The summed E-state index contributed by atoms with van der Waals surface area (Å²) in [7, 11) is -3.73. The highest BCUT2D eigenvalue weighted by atomic mass is 32.2. The topological polar surface area (TPSA) is 84.9 Å². The van der Waals surface area contributed by atoms with Crippen LogP contribution < -0.4 is 19.1 Å². The number of benzene rings is 4. The van der Waals surface area contributed by atoms with Gasteiger partial charge < -0.3 is 14.8 Å². The third-order valence-electron chi connectivity index (χ3n) is 5.57. The molecule has 0 aliphatic rings. The third kappa shape index (κ3) is 6.14. The van der Waals surface area contributed by atoms with E-state index in [1.54, 1.807) is 31.2 Å². The highest BCUT2D eigenvalue weighted by Crippen LogP contribution is 2.27. The van der Waals surface area contributed by atoms with Gasteiger partial charge in [0.25, 0.3) is 0 Å². The van der Waals surface area contributed by atoms with E-state index in [4.69, 9.17) is 9.47 Å². The number of ether oxygens (including phenoxy) is 2. The molecule has 0 unspecified atom stereocenters. The summed E-state index contributed by atoms with van der Waals surface area (Å²) in [5, 5.41) is 4.83. The first kappa shape index (κ1) is 25.1. The first-order valence-electron chi connectivity index (χ1n) is 11.5. The smallest absolute Gasteiger partial charge is 0.243 e. The summed E-state index contributed by atoms with van der Waals surface area (Å²) in [5.41, 5.74) is 0.368. The van der Waals surface area contributed by atoms with Gasteiger partial charge in [-0.1, -0.05) is 54.6 Å². The third-order valence-corrected chi connectivity index (χ3v) is 6.81. The number of nitrogens with zero attached hydrogens (tertiary/aromatic N) is 1. The molecular weight excluding hydrogens is 476 g/mol. The predicted octanol–water partition coefficient (Wildman–Crippen LogP) is 4.98. The summed E-state index contributed by atoms with van der Waals surface area (Å²) < 4.78 is 37.9. The molecule has 0 spiro atoms. The fourth-order valence-electron chi connectivity index (χ4n) is 3.90. The maximum absolute atomic E-state index is 12.8. The largest absolute Gasteiger partial charge is 0.491 e. The number of para-hydroxylation sites is 1. The van der Waals surface area contributed by atoms with Gasteiger partial charge in [0, 0.05) is 5.39 Å². The molecule has 1 amide bonds. The van der Waals surface area contributed by atoms with Crippen LogP contribution in [0.2, 0.25) is 0 Å². The number of rotatable bonds is 10. The number of carbonyl (C=O) groups is 1. The van der Waals surface area contributed by atoms with Crippen molar-refractivity contribution in [2.45, 2.75) is 13.0 Å². The van der Waals surface area contributed by atoms with Crippen LogP contribution in [-0.4, -0.2) is 39.8 Å². The van der Waals surface area contributed by atoms with Gasteiger partial charge in [0.15, 0.2) is 0 Å². The summed E-state index contributed by atoms with van der Waals surface area (Å²) in [6.07, 6.45) is 1.08. The Balaban J connectivity index is 1.38. The molecule has 0 bridgehead atoms. The second-order valence-corrected chi connectivity index (χ2v) is 10.1. The molecule has 4 aromatic carbocycles. The van der Waals surface area contributed by atoms with Crippen molar-refractivity contribution in [2.75, 3.05) is 23.7 Å². The Hall–Kier alpha value is -4.04. The summed E-state index contributed by atoms with van der Waals surface area (Å²) >= 11 is 0. The number of hydrogen-bond donors (Lipinski definition) is 1. The van der Waals surface area contributed by atoms with Gasteiger partial charge in [0.05, 0.1) is 18.5 Å². The Bertz CT molecular complexity index is 1420. The summed E-state index contributed by atoms with van der Waals surface area (Å²) in [5.74, 6) is 1.53.